The zero-order valence-corrected chi connectivity index (χ0v) is 16.4. The number of pyridine rings is 1. The molecule has 0 radical (unpaired) electrons. The van der Waals surface area contributed by atoms with Gasteiger partial charge in [-0.2, -0.15) is 0 Å². The van der Waals surface area contributed by atoms with Gasteiger partial charge >= 0.3 is 0 Å². The Morgan fingerprint density at radius 1 is 1.26 bits per heavy atom. The highest BCUT2D eigenvalue weighted by atomic mass is 35.5. The number of carbonyl (C=O) groups is 1. The first-order valence-corrected chi connectivity index (χ1v) is 9.50. The van der Waals surface area contributed by atoms with E-state index in [1.165, 1.54) is 18.0 Å². The molecule has 0 aliphatic carbocycles. The predicted molar refractivity (Wildman–Crippen MR) is 105 cm³/mol. The van der Waals surface area contributed by atoms with Crippen molar-refractivity contribution in [2.75, 3.05) is 11.1 Å². The Hall–Kier alpha value is -2.58. The van der Waals surface area contributed by atoms with E-state index < -0.39 is 0 Å². The first-order chi connectivity index (χ1) is 13.0. The van der Waals surface area contributed by atoms with E-state index in [1.807, 2.05) is 42.8 Å². The monoisotopic (exact) mass is 403 g/mol. The lowest BCUT2D eigenvalue weighted by molar-refractivity contribution is -0.113. The van der Waals surface area contributed by atoms with Crippen LogP contribution in [0.25, 0.3) is 0 Å². The molecule has 7 nitrogen and oxygen atoms in total. The molecule has 3 aromatic rings. The highest BCUT2D eigenvalue weighted by Gasteiger charge is 2.13. The Morgan fingerprint density at radius 2 is 2.07 bits per heavy atom. The van der Waals surface area contributed by atoms with Crippen molar-refractivity contribution in [2.24, 2.45) is 7.05 Å². The predicted octanol–water partition coefficient (Wildman–Crippen LogP) is 3.48. The Morgan fingerprint density at radius 3 is 2.81 bits per heavy atom. The number of para-hydroxylation sites is 1. The van der Waals surface area contributed by atoms with Gasteiger partial charge in [0, 0.05) is 13.2 Å². The summed E-state index contributed by atoms with van der Waals surface area (Å²) in [4.78, 5) is 16.1. The summed E-state index contributed by atoms with van der Waals surface area (Å²) in [6.07, 6.45) is 1.48. The Bertz CT molecular complexity index is 930. The fourth-order valence-electron chi connectivity index (χ4n) is 2.22. The molecule has 3 rings (SSSR count). The molecular weight excluding hydrogens is 386 g/mol. The second kappa shape index (κ2) is 8.88. The SMILES string of the molecule is Cc1ccccc1OCc1nnc(SCC(=O)Nc2ccc(Cl)cn2)n1C. The highest BCUT2D eigenvalue weighted by molar-refractivity contribution is 7.99. The van der Waals surface area contributed by atoms with Gasteiger partial charge in [0.05, 0.1) is 10.8 Å². The molecule has 0 atom stereocenters. The topological polar surface area (TPSA) is 81.9 Å². The van der Waals surface area contributed by atoms with Gasteiger partial charge in [0.1, 0.15) is 18.2 Å². The minimum Gasteiger partial charge on any atom is -0.485 e. The molecule has 1 aromatic carbocycles. The summed E-state index contributed by atoms with van der Waals surface area (Å²) in [7, 11) is 1.84. The van der Waals surface area contributed by atoms with Gasteiger partial charge in [-0.15, -0.1) is 10.2 Å². The van der Waals surface area contributed by atoms with Crippen LogP contribution in [-0.4, -0.2) is 31.4 Å². The van der Waals surface area contributed by atoms with E-state index in [1.54, 1.807) is 12.1 Å². The number of hydrogen-bond donors (Lipinski definition) is 1. The summed E-state index contributed by atoms with van der Waals surface area (Å²) < 4.78 is 7.62. The van der Waals surface area contributed by atoms with E-state index in [9.17, 15) is 4.79 Å². The summed E-state index contributed by atoms with van der Waals surface area (Å²) in [5, 5.41) is 12.1. The van der Waals surface area contributed by atoms with Crippen molar-refractivity contribution in [1.82, 2.24) is 19.7 Å². The Kier molecular flexibility index (Phi) is 6.31. The van der Waals surface area contributed by atoms with Gasteiger partial charge < -0.3 is 14.6 Å². The first-order valence-electron chi connectivity index (χ1n) is 8.14. The average Bonchev–Trinajstić information content (AvgIpc) is 3.01. The van der Waals surface area contributed by atoms with E-state index >= 15 is 0 Å². The van der Waals surface area contributed by atoms with Crippen LogP contribution in [0.2, 0.25) is 5.02 Å². The van der Waals surface area contributed by atoms with E-state index in [0.717, 1.165) is 11.3 Å². The Balaban J connectivity index is 1.53. The third-order valence-electron chi connectivity index (χ3n) is 3.70. The average molecular weight is 404 g/mol. The number of aryl methyl sites for hydroxylation is 1. The van der Waals surface area contributed by atoms with Crippen LogP contribution >= 0.6 is 23.4 Å². The molecule has 0 saturated heterocycles. The van der Waals surface area contributed by atoms with Crippen molar-refractivity contribution in [3.63, 3.8) is 0 Å². The molecule has 1 amide bonds. The number of benzene rings is 1. The minimum atomic E-state index is -0.185. The molecule has 0 spiro atoms. The molecule has 0 bridgehead atoms. The number of thioether (sulfide) groups is 1. The van der Waals surface area contributed by atoms with Crippen LogP contribution in [0.15, 0.2) is 47.8 Å². The summed E-state index contributed by atoms with van der Waals surface area (Å²) >= 11 is 7.07. The molecule has 2 aromatic heterocycles. The summed E-state index contributed by atoms with van der Waals surface area (Å²) in [5.41, 5.74) is 1.06. The first kappa shape index (κ1) is 19.2. The van der Waals surface area contributed by atoms with Gasteiger partial charge in [-0.3, -0.25) is 4.79 Å². The van der Waals surface area contributed by atoms with E-state index in [4.69, 9.17) is 16.3 Å². The van der Waals surface area contributed by atoms with Crippen molar-refractivity contribution in [1.29, 1.82) is 0 Å². The number of amides is 1. The lowest BCUT2D eigenvalue weighted by Gasteiger charge is -2.08. The van der Waals surface area contributed by atoms with Crippen LogP contribution < -0.4 is 10.1 Å². The van der Waals surface area contributed by atoms with Crippen LogP contribution in [-0.2, 0) is 18.4 Å². The van der Waals surface area contributed by atoms with E-state index in [-0.39, 0.29) is 11.7 Å². The number of carbonyl (C=O) groups excluding carboxylic acids is 1. The van der Waals surface area contributed by atoms with Crippen LogP contribution in [0.1, 0.15) is 11.4 Å². The molecule has 0 aliphatic rings. The van der Waals surface area contributed by atoms with Gasteiger partial charge in [-0.05, 0) is 30.7 Å². The molecule has 2 heterocycles. The smallest absolute Gasteiger partial charge is 0.236 e. The van der Waals surface area contributed by atoms with Gasteiger partial charge in [0.2, 0.25) is 5.91 Å². The lowest BCUT2D eigenvalue weighted by Crippen LogP contribution is -2.15. The van der Waals surface area contributed by atoms with Crippen LogP contribution in [0, 0.1) is 6.92 Å². The fraction of sp³-hybridized carbons (Fsp3) is 0.222. The number of nitrogens with one attached hydrogen (secondary N) is 1. The maximum atomic E-state index is 12.0. The summed E-state index contributed by atoms with van der Waals surface area (Å²) in [5.74, 6) is 1.95. The number of nitrogens with zero attached hydrogens (tertiary/aromatic N) is 4. The van der Waals surface area contributed by atoms with E-state index in [2.05, 4.69) is 20.5 Å². The summed E-state index contributed by atoms with van der Waals surface area (Å²) in [6.45, 7) is 2.29. The maximum absolute atomic E-state index is 12.0. The largest absolute Gasteiger partial charge is 0.485 e. The number of ether oxygens (including phenoxy) is 1. The zero-order valence-electron chi connectivity index (χ0n) is 14.8. The second-order valence-electron chi connectivity index (χ2n) is 5.71. The van der Waals surface area contributed by atoms with Gasteiger partial charge in [-0.1, -0.05) is 41.6 Å². The molecule has 140 valence electrons. The van der Waals surface area contributed by atoms with E-state index in [0.29, 0.717) is 28.4 Å². The highest BCUT2D eigenvalue weighted by Crippen LogP contribution is 2.20. The van der Waals surface area contributed by atoms with Gasteiger partial charge in [-0.25, -0.2) is 4.98 Å². The second-order valence-corrected chi connectivity index (χ2v) is 7.09. The van der Waals surface area contributed by atoms with Crippen LogP contribution in [0.4, 0.5) is 5.82 Å². The molecule has 27 heavy (non-hydrogen) atoms. The standard InChI is InChI=1S/C18H18ClN5O2S/c1-12-5-3-4-6-14(12)26-10-16-22-23-18(24(16)2)27-11-17(25)21-15-8-7-13(19)9-20-15/h3-9H,10-11H2,1-2H3,(H,20,21,25). The minimum absolute atomic E-state index is 0.185. The molecule has 1 N–H and O–H groups in total. The quantitative estimate of drug-likeness (QED) is 0.608. The molecule has 0 aliphatic heterocycles. The van der Waals surface area contributed by atoms with Gasteiger partial charge in [0.25, 0.3) is 0 Å². The van der Waals surface area contributed by atoms with Crippen molar-refractivity contribution >= 4 is 35.1 Å². The molecule has 0 unspecified atom stereocenters. The third-order valence-corrected chi connectivity index (χ3v) is 4.95. The third kappa shape index (κ3) is 5.21. The zero-order chi connectivity index (χ0) is 19.2. The normalized spacial score (nSPS) is 10.6. The van der Waals surface area contributed by atoms with Crippen molar-refractivity contribution in [2.45, 2.75) is 18.7 Å². The number of rotatable bonds is 7. The molecule has 9 heteroatoms. The molecule has 0 fully saturated rings. The van der Waals surface area contributed by atoms with Crippen LogP contribution in [0.5, 0.6) is 5.75 Å². The van der Waals surface area contributed by atoms with Crippen LogP contribution in [0.3, 0.4) is 0 Å². The lowest BCUT2D eigenvalue weighted by atomic mass is 10.2. The van der Waals surface area contributed by atoms with Crippen molar-refractivity contribution in [3.05, 3.63) is 59.0 Å². The number of aromatic nitrogens is 4. The maximum Gasteiger partial charge on any atom is 0.236 e. The summed E-state index contributed by atoms with van der Waals surface area (Å²) in [6, 6.07) is 11.1. The molecular formula is C18H18ClN5O2S. The number of halogens is 1. The van der Waals surface area contributed by atoms with Crippen molar-refractivity contribution < 1.29 is 9.53 Å². The fourth-order valence-corrected chi connectivity index (χ4v) is 3.06. The number of anilines is 1. The van der Waals surface area contributed by atoms with Gasteiger partial charge in [0.15, 0.2) is 11.0 Å². The Labute approximate surface area is 166 Å². The number of hydrogen-bond acceptors (Lipinski definition) is 6. The molecule has 0 saturated carbocycles. The van der Waals surface area contributed by atoms with Crippen molar-refractivity contribution in [3.8, 4) is 5.75 Å².